The van der Waals surface area contributed by atoms with Crippen molar-refractivity contribution >= 4 is 17.6 Å². The first-order valence-electron chi connectivity index (χ1n) is 11.3. The van der Waals surface area contributed by atoms with Crippen molar-refractivity contribution in [3.05, 3.63) is 35.4 Å². The molecule has 0 spiro atoms. The van der Waals surface area contributed by atoms with Crippen molar-refractivity contribution in [2.45, 2.75) is 71.4 Å². The summed E-state index contributed by atoms with van der Waals surface area (Å²) in [5.41, 5.74) is 0.995. The number of ether oxygens (including phenoxy) is 1. The third-order valence-corrected chi connectivity index (χ3v) is 7.00. The summed E-state index contributed by atoms with van der Waals surface area (Å²) in [6, 6.07) is 7.68. The Kier molecular flexibility index (Phi) is 6.61. The number of hydrogen-bond acceptors (Lipinski definition) is 4. The van der Waals surface area contributed by atoms with E-state index in [1.165, 1.54) is 5.56 Å². The van der Waals surface area contributed by atoms with Gasteiger partial charge in [-0.15, -0.1) is 0 Å². The molecule has 3 atom stereocenters. The second kappa shape index (κ2) is 8.73. The van der Waals surface area contributed by atoms with E-state index in [1.807, 2.05) is 31.2 Å². The lowest BCUT2D eigenvalue weighted by atomic mass is 9.86. The zero-order chi connectivity index (χ0) is 23.0. The van der Waals surface area contributed by atoms with Gasteiger partial charge in [-0.25, -0.2) is 0 Å². The largest absolute Gasteiger partial charge is 0.367 e. The maximum Gasteiger partial charge on any atom is 0.251 e. The van der Waals surface area contributed by atoms with Crippen molar-refractivity contribution in [3.63, 3.8) is 0 Å². The predicted molar refractivity (Wildman–Crippen MR) is 120 cm³/mol. The Morgan fingerprint density at radius 3 is 2.45 bits per heavy atom. The number of carbonyl (C=O) groups excluding carboxylic acids is 3. The minimum Gasteiger partial charge on any atom is -0.367 e. The lowest BCUT2D eigenvalue weighted by Gasteiger charge is -2.34. The molecule has 0 aromatic heterocycles. The Hall–Kier alpha value is -2.21. The molecule has 0 radical (unpaired) electrons. The molecule has 3 rings (SSSR count). The van der Waals surface area contributed by atoms with Gasteiger partial charge in [0.25, 0.3) is 5.91 Å². The number of carbonyl (C=O) groups is 3. The average Bonchev–Trinajstić information content (AvgIpc) is 3.19. The van der Waals surface area contributed by atoms with E-state index in [0.717, 1.165) is 0 Å². The Labute approximate surface area is 185 Å². The molecule has 2 saturated heterocycles. The highest BCUT2D eigenvalue weighted by Gasteiger charge is 2.57. The van der Waals surface area contributed by atoms with Crippen molar-refractivity contribution < 1.29 is 19.1 Å². The Morgan fingerprint density at radius 2 is 1.87 bits per heavy atom. The third kappa shape index (κ3) is 4.69. The molecule has 2 heterocycles. The number of fused-ring (bicyclic) bond motifs is 1. The van der Waals surface area contributed by atoms with Gasteiger partial charge in [-0.05, 0) is 48.3 Å². The van der Waals surface area contributed by atoms with E-state index in [2.05, 4.69) is 39.9 Å². The fourth-order valence-corrected chi connectivity index (χ4v) is 4.54. The second-order valence-corrected chi connectivity index (χ2v) is 10.4. The number of ketones is 1. The predicted octanol–water partition coefficient (Wildman–Crippen LogP) is 3.34. The molecule has 0 bridgehead atoms. The van der Waals surface area contributed by atoms with Gasteiger partial charge in [0.2, 0.25) is 5.91 Å². The van der Waals surface area contributed by atoms with Crippen LogP contribution in [-0.2, 0) is 19.7 Å². The van der Waals surface area contributed by atoms with Crippen molar-refractivity contribution in [2.75, 3.05) is 19.7 Å². The summed E-state index contributed by atoms with van der Waals surface area (Å²) >= 11 is 0. The highest BCUT2D eigenvalue weighted by molar-refractivity contribution is 5.96. The monoisotopic (exact) mass is 428 g/mol. The number of Topliss-reactive ketones (excluding diaryl/α,β-unsaturated/α-hetero) is 1. The molecule has 2 aliphatic heterocycles. The van der Waals surface area contributed by atoms with E-state index in [9.17, 15) is 14.4 Å². The van der Waals surface area contributed by atoms with Crippen molar-refractivity contribution in [1.29, 1.82) is 0 Å². The topological polar surface area (TPSA) is 75.7 Å². The summed E-state index contributed by atoms with van der Waals surface area (Å²) in [4.78, 5) is 39.9. The molecule has 0 aliphatic carbocycles. The summed E-state index contributed by atoms with van der Waals surface area (Å²) in [7, 11) is 0. The smallest absolute Gasteiger partial charge is 0.251 e. The number of rotatable bonds is 6. The van der Waals surface area contributed by atoms with E-state index >= 15 is 0 Å². The van der Waals surface area contributed by atoms with Crippen molar-refractivity contribution in [1.82, 2.24) is 10.2 Å². The molecule has 170 valence electrons. The van der Waals surface area contributed by atoms with Crippen molar-refractivity contribution in [3.8, 4) is 0 Å². The van der Waals surface area contributed by atoms with E-state index in [4.69, 9.17) is 4.74 Å². The number of nitrogens with zero attached hydrogens (tertiary/aromatic N) is 1. The van der Waals surface area contributed by atoms with Gasteiger partial charge in [0, 0.05) is 25.1 Å². The quantitative estimate of drug-likeness (QED) is 0.754. The van der Waals surface area contributed by atoms with Crippen LogP contribution in [0, 0.1) is 11.8 Å². The fraction of sp³-hybridized carbons (Fsp3) is 0.640. The molecule has 6 nitrogen and oxygen atoms in total. The number of likely N-dealkylation sites (tertiary alicyclic amines) is 1. The minimum absolute atomic E-state index is 0.00891. The van der Waals surface area contributed by atoms with Gasteiger partial charge in [0.05, 0.1) is 6.10 Å². The standard InChI is InChI=1S/C25H36N2O4/c1-16(2)18(13-22(29)27-12-11-21-25(27,6)20(28)15-31-21)14-26-23(30)17-7-9-19(10-8-17)24(3,4)5/h7-10,16,18,21H,11-15H2,1-6H3,(H,26,30)/t18?,21-,25?/m1/s1. The van der Waals surface area contributed by atoms with Gasteiger partial charge in [0.15, 0.2) is 5.78 Å². The molecule has 2 unspecified atom stereocenters. The van der Waals surface area contributed by atoms with Crippen LogP contribution in [0.15, 0.2) is 24.3 Å². The van der Waals surface area contributed by atoms with Crippen LogP contribution < -0.4 is 5.32 Å². The molecule has 2 fully saturated rings. The maximum absolute atomic E-state index is 13.1. The molecular formula is C25H36N2O4. The summed E-state index contributed by atoms with van der Waals surface area (Å²) in [6.07, 6.45) is 0.801. The van der Waals surface area contributed by atoms with E-state index < -0.39 is 5.54 Å². The van der Waals surface area contributed by atoms with Crippen molar-refractivity contribution in [2.24, 2.45) is 11.8 Å². The molecule has 1 aromatic carbocycles. The van der Waals surface area contributed by atoms with Crippen LogP contribution in [0.3, 0.4) is 0 Å². The molecule has 6 heteroatoms. The van der Waals surface area contributed by atoms with Gasteiger partial charge >= 0.3 is 0 Å². The summed E-state index contributed by atoms with van der Waals surface area (Å²) in [5, 5.41) is 3.00. The first-order chi connectivity index (χ1) is 14.4. The zero-order valence-corrected chi connectivity index (χ0v) is 19.7. The number of nitrogens with one attached hydrogen (secondary N) is 1. The van der Waals surface area contributed by atoms with Crippen LogP contribution in [-0.4, -0.2) is 53.8 Å². The lowest BCUT2D eigenvalue weighted by Crippen LogP contribution is -2.53. The minimum atomic E-state index is -0.837. The van der Waals surface area contributed by atoms with E-state index in [-0.39, 0.29) is 47.6 Å². The Balaban J connectivity index is 1.61. The van der Waals surface area contributed by atoms with Gasteiger partial charge < -0.3 is 15.0 Å². The number of amides is 2. The second-order valence-electron chi connectivity index (χ2n) is 10.4. The van der Waals surface area contributed by atoms with Crippen LogP contribution in [0.5, 0.6) is 0 Å². The van der Waals surface area contributed by atoms with Crippen LogP contribution >= 0.6 is 0 Å². The average molecular weight is 429 g/mol. The lowest BCUT2D eigenvalue weighted by molar-refractivity contribution is -0.142. The van der Waals surface area contributed by atoms with Gasteiger partial charge in [0.1, 0.15) is 12.1 Å². The number of benzene rings is 1. The summed E-state index contributed by atoms with van der Waals surface area (Å²) in [6.45, 7) is 13.4. The van der Waals surface area contributed by atoms with Crippen LogP contribution in [0.25, 0.3) is 0 Å². The third-order valence-electron chi connectivity index (χ3n) is 7.00. The maximum atomic E-state index is 13.1. The SMILES string of the molecule is CC(C)C(CNC(=O)c1ccc(C(C)(C)C)cc1)CC(=O)N1CC[C@H]2OCC(=O)C21C. The highest BCUT2D eigenvalue weighted by Crippen LogP contribution is 2.38. The molecule has 31 heavy (non-hydrogen) atoms. The molecule has 2 amide bonds. The molecular weight excluding hydrogens is 392 g/mol. The first-order valence-corrected chi connectivity index (χ1v) is 11.3. The van der Waals surface area contributed by atoms with Gasteiger partial charge in [-0.2, -0.15) is 0 Å². The molecule has 0 saturated carbocycles. The molecule has 1 aromatic rings. The summed E-state index contributed by atoms with van der Waals surface area (Å²) in [5.74, 6) is 0.0218. The highest BCUT2D eigenvalue weighted by atomic mass is 16.5. The van der Waals surface area contributed by atoms with E-state index in [1.54, 1.807) is 4.90 Å². The summed E-state index contributed by atoms with van der Waals surface area (Å²) < 4.78 is 5.58. The van der Waals surface area contributed by atoms with Crippen LogP contribution in [0.4, 0.5) is 0 Å². The zero-order valence-electron chi connectivity index (χ0n) is 19.7. The van der Waals surface area contributed by atoms with Gasteiger partial charge in [-0.3, -0.25) is 14.4 Å². The molecule has 2 aliphatic rings. The van der Waals surface area contributed by atoms with E-state index in [0.29, 0.717) is 31.5 Å². The van der Waals surface area contributed by atoms with Gasteiger partial charge in [-0.1, -0.05) is 46.8 Å². The Morgan fingerprint density at radius 1 is 1.23 bits per heavy atom. The normalized spacial score (nSPS) is 24.4. The van der Waals surface area contributed by atoms with Crippen LogP contribution in [0.2, 0.25) is 0 Å². The Bertz CT molecular complexity index is 840. The first kappa shape index (κ1) is 23.5. The fourth-order valence-electron chi connectivity index (χ4n) is 4.54. The van der Waals surface area contributed by atoms with Crippen LogP contribution in [0.1, 0.15) is 70.3 Å². The number of hydrogen-bond donors (Lipinski definition) is 1. The molecule has 1 N–H and O–H groups in total.